The Labute approximate surface area is 172 Å². The molecule has 1 aliphatic heterocycles. The second kappa shape index (κ2) is 6.95. The summed E-state index contributed by atoms with van der Waals surface area (Å²) in [5.41, 5.74) is 1.02. The predicted molar refractivity (Wildman–Crippen MR) is 108 cm³/mol. The molecule has 30 heavy (non-hydrogen) atoms. The number of rotatable bonds is 4. The zero-order chi connectivity index (χ0) is 20.8. The van der Waals surface area contributed by atoms with E-state index in [1.165, 1.54) is 20.8 Å². The highest BCUT2D eigenvalue weighted by Crippen LogP contribution is 2.31. The molecular formula is C19H15N5O5S. The average Bonchev–Trinajstić information content (AvgIpc) is 3.39. The molecule has 0 spiro atoms. The number of benzene rings is 1. The quantitative estimate of drug-likeness (QED) is 0.451. The summed E-state index contributed by atoms with van der Waals surface area (Å²) >= 11 is 1.32. The number of amides is 1. The van der Waals surface area contributed by atoms with Gasteiger partial charge < -0.3 is 9.47 Å². The first-order chi connectivity index (χ1) is 14.5. The number of hydrogen-bond acceptors (Lipinski definition) is 8. The number of carbonyl (C=O) groups is 2. The van der Waals surface area contributed by atoms with Crippen LogP contribution in [0.15, 0.2) is 40.5 Å². The molecule has 1 amide bonds. The van der Waals surface area contributed by atoms with Gasteiger partial charge in [0.2, 0.25) is 5.78 Å². The third kappa shape index (κ3) is 2.82. The fraction of sp³-hybridized carbons (Fsp3) is 0.211. The molecule has 11 heteroatoms. The number of aromatic nitrogens is 4. The van der Waals surface area contributed by atoms with Gasteiger partial charge in [0.25, 0.3) is 11.5 Å². The van der Waals surface area contributed by atoms with Gasteiger partial charge in [-0.25, -0.2) is 0 Å². The van der Waals surface area contributed by atoms with Crippen LogP contribution in [-0.4, -0.2) is 44.2 Å². The summed E-state index contributed by atoms with van der Waals surface area (Å²) in [6.07, 6.45) is 0. The predicted octanol–water partition coefficient (Wildman–Crippen LogP) is 1.11. The van der Waals surface area contributed by atoms with Crippen LogP contribution in [0.1, 0.15) is 5.82 Å². The van der Waals surface area contributed by atoms with E-state index in [-0.39, 0.29) is 31.2 Å². The van der Waals surface area contributed by atoms with E-state index >= 15 is 0 Å². The molecule has 0 radical (unpaired) electrons. The number of nitrogens with zero attached hydrogens (tertiary/aromatic N) is 5. The van der Waals surface area contributed by atoms with E-state index in [1.54, 1.807) is 41.8 Å². The average molecular weight is 425 g/mol. The van der Waals surface area contributed by atoms with Crippen LogP contribution in [0, 0.1) is 0 Å². The van der Waals surface area contributed by atoms with Gasteiger partial charge >= 0.3 is 5.97 Å². The van der Waals surface area contributed by atoms with Gasteiger partial charge in [-0.2, -0.15) is 0 Å². The zero-order valence-corrected chi connectivity index (χ0v) is 16.6. The lowest BCUT2D eigenvalue weighted by Gasteiger charge is -2.28. The van der Waals surface area contributed by atoms with Crippen molar-refractivity contribution in [2.24, 2.45) is 7.05 Å². The monoisotopic (exact) mass is 425 g/mol. The van der Waals surface area contributed by atoms with E-state index < -0.39 is 5.97 Å². The first kappa shape index (κ1) is 18.3. The smallest absolute Gasteiger partial charge is 0.326 e. The lowest BCUT2D eigenvalue weighted by Crippen LogP contribution is -2.42. The number of aryl methyl sites for hydroxylation is 1. The van der Waals surface area contributed by atoms with Crippen LogP contribution >= 0.6 is 11.3 Å². The summed E-state index contributed by atoms with van der Waals surface area (Å²) < 4.78 is 14.4. The molecule has 0 N–H and O–H groups in total. The normalized spacial score (nSPS) is 13.5. The van der Waals surface area contributed by atoms with Crippen molar-refractivity contribution in [3.05, 3.63) is 51.9 Å². The molecule has 1 aliphatic rings. The molecule has 1 aromatic carbocycles. The number of carbonyl (C=O) groups excluding carboxylic acids is 2. The van der Waals surface area contributed by atoms with Gasteiger partial charge in [0.05, 0.1) is 11.2 Å². The van der Waals surface area contributed by atoms with E-state index in [0.717, 1.165) is 0 Å². The number of anilines is 1. The Morgan fingerprint density at radius 3 is 2.93 bits per heavy atom. The van der Waals surface area contributed by atoms with Crippen molar-refractivity contribution < 1.29 is 19.1 Å². The van der Waals surface area contributed by atoms with E-state index in [2.05, 4.69) is 10.2 Å². The maximum Gasteiger partial charge on any atom is 0.326 e. The number of thiophene rings is 1. The first-order valence-electron chi connectivity index (χ1n) is 9.02. The summed E-state index contributed by atoms with van der Waals surface area (Å²) in [5.74, 6) is 0.353. The molecule has 0 aliphatic carbocycles. The Kier molecular flexibility index (Phi) is 4.24. The Morgan fingerprint density at radius 2 is 2.07 bits per heavy atom. The molecule has 5 rings (SSSR count). The largest absolute Gasteiger partial charge is 0.482 e. The standard InChI is InChI=1S/C19H15N5O5S/c1-22-18(27)17-12(6-7-30-17)24-14(20-21-19(22)24)9-29-16(26)8-23-11-4-2-3-5-13(11)28-10-15(23)25/h2-7H,8-10H2,1H3. The molecule has 0 fully saturated rings. The van der Waals surface area contributed by atoms with Crippen molar-refractivity contribution in [1.82, 2.24) is 19.2 Å². The second-order valence-electron chi connectivity index (χ2n) is 6.65. The molecule has 4 aromatic rings. The van der Waals surface area contributed by atoms with Crippen LogP contribution in [0.5, 0.6) is 5.75 Å². The highest BCUT2D eigenvalue weighted by Gasteiger charge is 2.27. The second-order valence-corrected chi connectivity index (χ2v) is 7.56. The molecule has 0 unspecified atom stereocenters. The summed E-state index contributed by atoms with van der Waals surface area (Å²) in [6.45, 7) is -0.533. The maximum atomic E-state index is 12.5. The molecular weight excluding hydrogens is 410 g/mol. The van der Waals surface area contributed by atoms with Gasteiger partial charge in [0.15, 0.2) is 19.0 Å². The van der Waals surface area contributed by atoms with Crippen molar-refractivity contribution in [2.75, 3.05) is 18.1 Å². The minimum atomic E-state index is -0.594. The summed E-state index contributed by atoms with van der Waals surface area (Å²) in [4.78, 5) is 38.4. The van der Waals surface area contributed by atoms with Gasteiger partial charge in [-0.05, 0) is 23.6 Å². The van der Waals surface area contributed by atoms with E-state index in [1.807, 2.05) is 5.38 Å². The van der Waals surface area contributed by atoms with Crippen LogP contribution in [0.4, 0.5) is 5.69 Å². The van der Waals surface area contributed by atoms with Crippen molar-refractivity contribution >= 4 is 44.9 Å². The summed E-state index contributed by atoms with van der Waals surface area (Å²) in [7, 11) is 1.61. The summed E-state index contributed by atoms with van der Waals surface area (Å²) in [5, 5.41) is 9.94. The van der Waals surface area contributed by atoms with E-state index in [9.17, 15) is 14.4 Å². The van der Waals surface area contributed by atoms with Crippen molar-refractivity contribution in [2.45, 2.75) is 6.61 Å². The minimum Gasteiger partial charge on any atom is -0.482 e. The summed E-state index contributed by atoms with van der Waals surface area (Å²) in [6, 6.07) is 8.79. The van der Waals surface area contributed by atoms with Gasteiger partial charge in [-0.3, -0.25) is 28.3 Å². The number of hydrogen-bond donors (Lipinski definition) is 0. The Morgan fingerprint density at radius 1 is 1.23 bits per heavy atom. The lowest BCUT2D eigenvalue weighted by atomic mass is 10.2. The topological polar surface area (TPSA) is 108 Å². The first-order valence-corrected chi connectivity index (χ1v) is 9.90. The van der Waals surface area contributed by atoms with E-state index in [0.29, 0.717) is 33.3 Å². The van der Waals surface area contributed by atoms with Gasteiger partial charge in [0, 0.05) is 7.05 Å². The Hall–Kier alpha value is -3.73. The van der Waals surface area contributed by atoms with Crippen LogP contribution in [0.25, 0.3) is 16.0 Å². The third-order valence-electron chi connectivity index (χ3n) is 4.85. The number of ether oxygens (including phenoxy) is 2. The van der Waals surface area contributed by atoms with Gasteiger partial charge in [-0.1, -0.05) is 12.1 Å². The van der Waals surface area contributed by atoms with Crippen molar-refractivity contribution in [1.29, 1.82) is 0 Å². The highest BCUT2D eigenvalue weighted by atomic mass is 32.1. The van der Waals surface area contributed by atoms with E-state index in [4.69, 9.17) is 9.47 Å². The fourth-order valence-electron chi connectivity index (χ4n) is 3.39. The molecule has 0 saturated carbocycles. The Balaban J connectivity index is 1.38. The van der Waals surface area contributed by atoms with Crippen molar-refractivity contribution in [3.63, 3.8) is 0 Å². The van der Waals surface area contributed by atoms with Crippen LogP contribution in [-0.2, 0) is 28.0 Å². The number of para-hydroxylation sites is 2. The molecule has 152 valence electrons. The molecule has 0 atom stereocenters. The maximum absolute atomic E-state index is 12.5. The molecule has 0 saturated heterocycles. The Bertz CT molecular complexity index is 1370. The molecule has 0 bridgehead atoms. The zero-order valence-electron chi connectivity index (χ0n) is 15.8. The lowest BCUT2D eigenvalue weighted by molar-refractivity contribution is -0.144. The molecule has 10 nitrogen and oxygen atoms in total. The van der Waals surface area contributed by atoms with Gasteiger partial charge in [0.1, 0.15) is 17.0 Å². The highest BCUT2D eigenvalue weighted by molar-refractivity contribution is 7.17. The van der Waals surface area contributed by atoms with Gasteiger partial charge in [-0.15, -0.1) is 21.5 Å². The van der Waals surface area contributed by atoms with Crippen LogP contribution < -0.4 is 15.2 Å². The molecule has 4 heterocycles. The fourth-order valence-corrected chi connectivity index (χ4v) is 4.24. The minimum absolute atomic E-state index is 0.136. The molecule has 3 aromatic heterocycles. The number of esters is 1. The third-order valence-corrected chi connectivity index (χ3v) is 5.75. The van der Waals surface area contributed by atoms with Crippen LogP contribution in [0.2, 0.25) is 0 Å². The van der Waals surface area contributed by atoms with Crippen LogP contribution in [0.3, 0.4) is 0 Å². The van der Waals surface area contributed by atoms with Crippen molar-refractivity contribution in [3.8, 4) is 5.75 Å². The number of fused-ring (bicyclic) bond motifs is 4. The SMILES string of the molecule is Cn1c(=O)c2sccc2n2c(COC(=O)CN3C(=O)COc4ccccc43)nnc12.